The quantitative estimate of drug-likeness (QED) is 0.656. The lowest BCUT2D eigenvalue weighted by molar-refractivity contribution is 0.419. The molecule has 2 nitrogen and oxygen atoms in total. The zero-order chi connectivity index (χ0) is 13.6. The van der Waals surface area contributed by atoms with Gasteiger partial charge in [0, 0.05) is 15.6 Å². The molecule has 3 aromatic rings. The van der Waals surface area contributed by atoms with E-state index in [0.717, 1.165) is 16.9 Å². The molecule has 3 rings (SSSR count). The molecule has 0 saturated carbocycles. The highest BCUT2D eigenvalue weighted by atomic mass is 32.1. The van der Waals surface area contributed by atoms with Crippen molar-refractivity contribution in [3.05, 3.63) is 22.4 Å². The molecule has 0 atom stereocenters. The fraction of sp³-hybridized carbons (Fsp3) is 0.333. The van der Waals surface area contributed by atoms with Crippen molar-refractivity contribution in [2.24, 2.45) is 0 Å². The second-order valence-corrected chi connectivity index (χ2v) is 6.78. The molecule has 1 aromatic carbocycles. The zero-order valence-electron chi connectivity index (χ0n) is 11.4. The van der Waals surface area contributed by atoms with Crippen LogP contribution in [0.5, 0.6) is 11.5 Å². The highest BCUT2D eigenvalue weighted by Gasteiger charge is 2.19. The van der Waals surface area contributed by atoms with Crippen LogP contribution in [0.15, 0.2) is 17.5 Å². The van der Waals surface area contributed by atoms with Crippen molar-refractivity contribution in [3.8, 4) is 11.5 Å². The van der Waals surface area contributed by atoms with Crippen LogP contribution in [0.2, 0.25) is 0 Å². The minimum absolute atomic E-state index is 0.518. The third-order valence-corrected chi connectivity index (χ3v) is 5.64. The summed E-state index contributed by atoms with van der Waals surface area (Å²) in [5.41, 5.74) is 0. The van der Waals surface area contributed by atoms with Crippen LogP contribution in [0.3, 0.4) is 0 Å². The Morgan fingerprint density at radius 3 is 2.32 bits per heavy atom. The summed E-state index contributed by atoms with van der Waals surface area (Å²) >= 11 is 3.50. The summed E-state index contributed by atoms with van der Waals surface area (Å²) in [6.45, 7) is 4.43. The van der Waals surface area contributed by atoms with Gasteiger partial charge in [-0.15, -0.1) is 22.7 Å². The van der Waals surface area contributed by atoms with Crippen molar-refractivity contribution >= 4 is 42.8 Å². The Balaban J connectivity index is 2.48. The number of benzene rings is 1. The van der Waals surface area contributed by atoms with Gasteiger partial charge in [-0.05, 0) is 23.4 Å². The first kappa shape index (κ1) is 12.8. The predicted octanol–water partition coefficient (Wildman–Crippen LogP) is 5.26. The van der Waals surface area contributed by atoms with Crippen LogP contribution >= 0.6 is 22.7 Å². The van der Waals surface area contributed by atoms with E-state index in [0.29, 0.717) is 5.92 Å². The van der Waals surface area contributed by atoms with Gasteiger partial charge in [-0.3, -0.25) is 0 Å². The number of thiophene rings is 2. The Morgan fingerprint density at radius 2 is 1.68 bits per heavy atom. The average molecular weight is 292 g/mol. The monoisotopic (exact) mass is 292 g/mol. The Hall–Kier alpha value is -1.26. The molecule has 0 amide bonds. The lowest BCUT2D eigenvalue weighted by Gasteiger charge is -2.08. The van der Waals surface area contributed by atoms with Gasteiger partial charge in [0.2, 0.25) is 0 Å². The molecular formula is C15H16O2S2. The molecule has 0 bridgehead atoms. The SMILES string of the molecule is COc1c2cc(C(C)C)sc2c(OC)c2ccsc12. The van der Waals surface area contributed by atoms with E-state index in [1.165, 1.54) is 19.7 Å². The number of hydrogen-bond acceptors (Lipinski definition) is 4. The van der Waals surface area contributed by atoms with E-state index in [2.05, 4.69) is 31.4 Å². The van der Waals surface area contributed by atoms with Gasteiger partial charge >= 0.3 is 0 Å². The third kappa shape index (κ3) is 1.82. The van der Waals surface area contributed by atoms with Crippen LogP contribution in [-0.4, -0.2) is 14.2 Å². The number of methoxy groups -OCH3 is 2. The van der Waals surface area contributed by atoms with Crippen molar-refractivity contribution in [1.29, 1.82) is 0 Å². The van der Waals surface area contributed by atoms with Crippen LogP contribution < -0.4 is 9.47 Å². The summed E-state index contributed by atoms with van der Waals surface area (Å²) in [4.78, 5) is 1.37. The minimum atomic E-state index is 0.518. The van der Waals surface area contributed by atoms with Gasteiger partial charge in [-0.1, -0.05) is 13.8 Å². The van der Waals surface area contributed by atoms with E-state index in [4.69, 9.17) is 9.47 Å². The zero-order valence-corrected chi connectivity index (χ0v) is 13.1. The molecule has 0 aliphatic heterocycles. The van der Waals surface area contributed by atoms with E-state index in [9.17, 15) is 0 Å². The van der Waals surface area contributed by atoms with Crippen LogP contribution in [0.25, 0.3) is 20.2 Å². The number of fused-ring (bicyclic) bond motifs is 2. The van der Waals surface area contributed by atoms with Crippen LogP contribution in [-0.2, 0) is 0 Å². The molecular weight excluding hydrogens is 276 g/mol. The first-order chi connectivity index (χ1) is 9.17. The van der Waals surface area contributed by atoms with Gasteiger partial charge in [0.05, 0.1) is 23.6 Å². The second kappa shape index (κ2) is 4.69. The average Bonchev–Trinajstić information content (AvgIpc) is 3.01. The maximum Gasteiger partial charge on any atom is 0.145 e. The third-order valence-electron chi connectivity index (χ3n) is 3.30. The minimum Gasteiger partial charge on any atom is -0.495 e. The maximum atomic E-state index is 5.65. The molecule has 0 radical (unpaired) electrons. The summed E-state index contributed by atoms with van der Waals surface area (Å²) < 4.78 is 13.7. The molecule has 2 heterocycles. The molecule has 0 aliphatic carbocycles. The van der Waals surface area contributed by atoms with Crippen molar-refractivity contribution < 1.29 is 9.47 Å². The lowest BCUT2D eigenvalue weighted by atomic mass is 10.1. The first-order valence-corrected chi connectivity index (χ1v) is 7.91. The molecule has 19 heavy (non-hydrogen) atoms. The van der Waals surface area contributed by atoms with Gasteiger partial charge in [0.1, 0.15) is 11.5 Å². The smallest absolute Gasteiger partial charge is 0.145 e. The van der Waals surface area contributed by atoms with Gasteiger partial charge in [0.15, 0.2) is 0 Å². The van der Waals surface area contributed by atoms with Gasteiger partial charge < -0.3 is 9.47 Å². The molecule has 0 N–H and O–H groups in total. The summed E-state index contributed by atoms with van der Waals surface area (Å²) in [5.74, 6) is 2.47. The van der Waals surface area contributed by atoms with E-state index < -0.39 is 0 Å². The van der Waals surface area contributed by atoms with Crippen molar-refractivity contribution in [3.63, 3.8) is 0 Å². The summed E-state index contributed by atoms with van der Waals surface area (Å²) in [5, 5.41) is 4.40. The van der Waals surface area contributed by atoms with Crippen LogP contribution in [0.1, 0.15) is 24.6 Å². The molecule has 0 saturated heterocycles. The van der Waals surface area contributed by atoms with E-state index >= 15 is 0 Å². The predicted molar refractivity (Wildman–Crippen MR) is 84.4 cm³/mol. The summed E-state index contributed by atoms with van der Waals surface area (Å²) in [6.07, 6.45) is 0. The maximum absolute atomic E-state index is 5.65. The van der Waals surface area contributed by atoms with Gasteiger partial charge in [-0.25, -0.2) is 0 Å². The normalized spacial score (nSPS) is 11.6. The fourth-order valence-electron chi connectivity index (χ4n) is 2.35. The lowest BCUT2D eigenvalue weighted by Crippen LogP contribution is -1.88. The summed E-state index contributed by atoms with van der Waals surface area (Å²) in [7, 11) is 3.49. The topological polar surface area (TPSA) is 18.5 Å². The Labute approximate surface area is 120 Å². The largest absolute Gasteiger partial charge is 0.495 e. The van der Waals surface area contributed by atoms with Gasteiger partial charge in [-0.2, -0.15) is 0 Å². The summed E-state index contributed by atoms with van der Waals surface area (Å²) in [6, 6.07) is 4.35. The van der Waals surface area contributed by atoms with Crippen molar-refractivity contribution in [1.82, 2.24) is 0 Å². The highest BCUT2D eigenvalue weighted by molar-refractivity contribution is 7.20. The molecule has 2 aromatic heterocycles. The van der Waals surface area contributed by atoms with E-state index in [1.54, 1.807) is 36.9 Å². The number of rotatable bonds is 3. The molecule has 0 fully saturated rings. The van der Waals surface area contributed by atoms with Crippen molar-refractivity contribution in [2.45, 2.75) is 19.8 Å². The second-order valence-electron chi connectivity index (χ2n) is 4.78. The molecule has 4 heteroatoms. The Morgan fingerprint density at radius 1 is 1.00 bits per heavy atom. The molecule has 0 unspecified atom stereocenters. The van der Waals surface area contributed by atoms with Crippen molar-refractivity contribution in [2.75, 3.05) is 14.2 Å². The van der Waals surface area contributed by atoms with Crippen LogP contribution in [0.4, 0.5) is 0 Å². The van der Waals surface area contributed by atoms with E-state index in [-0.39, 0.29) is 0 Å². The number of ether oxygens (including phenoxy) is 2. The number of hydrogen-bond donors (Lipinski definition) is 0. The molecule has 0 aliphatic rings. The Bertz CT molecular complexity index is 681. The van der Waals surface area contributed by atoms with Gasteiger partial charge in [0.25, 0.3) is 0 Å². The fourth-order valence-corrected chi connectivity index (χ4v) is 4.47. The first-order valence-electron chi connectivity index (χ1n) is 6.22. The Kier molecular flexibility index (Phi) is 3.15. The standard InChI is InChI=1S/C15H16O2S2/c1-8(2)11-7-10-13(17-4)14-9(5-6-18-14)12(16-3)15(10)19-11/h5-8H,1-4H3. The highest BCUT2D eigenvalue weighted by Crippen LogP contribution is 2.49. The van der Waals surface area contributed by atoms with E-state index in [1.807, 2.05) is 0 Å². The van der Waals surface area contributed by atoms with Crippen LogP contribution in [0, 0.1) is 0 Å². The molecule has 100 valence electrons. The molecule has 0 spiro atoms.